The maximum absolute atomic E-state index is 12.3. The van der Waals surface area contributed by atoms with Crippen molar-refractivity contribution in [3.8, 4) is 11.3 Å². The van der Waals surface area contributed by atoms with Crippen LogP contribution in [0.2, 0.25) is 0 Å². The summed E-state index contributed by atoms with van der Waals surface area (Å²) in [5, 5.41) is 5.55. The van der Waals surface area contributed by atoms with Crippen molar-refractivity contribution in [2.24, 2.45) is 0 Å². The summed E-state index contributed by atoms with van der Waals surface area (Å²) >= 11 is 0. The van der Waals surface area contributed by atoms with Gasteiger partial charge >= 0.3 is 0 Å². The summed E-state index contributed by atoms with van der Waals surface area (Å²) in [5.74, 6) is 0.325. The van der Waals surface area contributed by atoms with Crippen LogP contribution >= 0.6 is 0 Å². The molecular weight excluding hydrogens is 464 g/mol. The van der Waals surface area contributed by atoms with Crippen LogP contribution < -0.4 is 4.72 Å². The van der Waals surface area contributed by atoms with Gasteiger partial charge in [0.25, 0.3) is 0 Å². The number of sulfonamides is 1. The van der Waals surface area contributed by atoms with Crippen molar-refractivity contribution in [2.45, 2.75) is 39.5 Å². The lowest BCUT2D eigenvalue weighted by Gasteiger charge is -2.39. The fourth-order valence-corrected chi connectivity index (χ4v) is 5.33. The van der Waals surface area contributed by atoms with E-state index in [0.717, 1.165) is 34.2 Å². The number of carbonyl (C=O) groups is 1. The quantitative estimate of drug-likeness (QED) is 0.428. The molecule has 1 aliphatic heterocycles. The minimum atomic E-state index is -3.39. The Kier molecular flexibility index (Phi) is 5.68. The van der Waals surface area contributed by atoms with Crippen molar-refractivity contribution >= 4 is 32.5 Å². The fourth-order valence-electron chi connectivity index (χ4n) is 4.95. The second-order valence-corrected chi connectivity index (χ2v) is 11.6. The van der Waals surface area contributed by atoms with Crippen LogP contribution in [-0.2, 0) is 14.8 Å². The number of rotatable bonds is 6. The number of amides is 1. The average Bonchev–Trinajstić information content (AvgIpc) is 3.37. The Labute approximate surface area is 204 Å². The molecule has 9 nitrogen and oxygen atoms in total. The number of benzene rings is 1. The van der Waals surface area contributed by atoms with Gasteiger partial charge in [-0.05, 0) is 54.2 Å². The van der Waals surface area contributed by atoms with Crippen molar-refractivity contribution in [3.05, 3.63) is 53.0 Å². The molecule has 4 heterocycles. The smallest absolute Gasteiger partial charge is 0.237 e. The van der Waals surface area contributed by atoms with E-state index in [9.17, 15) is 13.2 Å². The second kappa shape index (κ2) is 8.46. The van der Waals surface area contributed by atoms with Crippen LogP contribution in [-0.4, -0.2) is 64.7 Å². The minimum Gasteiger partial charge on any atom is -0.354 e. The molecule has 0 spiro atoms. The number of H-pyrrole nitrogens is 1. The number of pyridine rings is 1. The standard InChI is InChI=1S/C25H30N6O3S/c1-14(2)23-19-8-17(18-10-30(11-18)22(32)9-28-35(5,33)34)6-7-21(19)29-24(23)20-12-31-25(26-13-27-31)16(4)15(20)3/h6-8,12-14,18,28-29H,9-11H2,1-5H3. The third-order valence-electron chi connectivity index (χ3n) is 7.03. The molecule has 0 aliphatic carbocycles. The highest BCUT2D eigenvalue weighted by Crippen LogP contribution is 2.39. The van der Waals surface area contributed by atoms with Crippen LogP contribution in [0.5, 0.6) is 0 Å². The highest BCUT2D eigenvalue weighted by atomic mass is 32.2. The Bertz CT molecular complexity index is 1560. The number of carbonyl (C=O) groups excluding carboxylic acids is 1. The number of fused-ring (bicyclic) bond motifs is 2. The first kappa shape index (κ1) is 23.5. The van der Waals surface area contributed by atoms with E-state index in [1.807, 2.05) is 10.7 Å². The van der Waals surface area contributed by atoms with E-state index < -0.39 is 10.0 Å². The van der Waals surface area contributed by atoms with Gasteiger partial charge < -0.3 is 9.88 Å². The van der Waals surface area contributed by atoms with Crippen LogP contribution in [0.25, 0.3) is 27.8 Å². The van der Waals surface area contributed by atoms with E-state index in [1.165, 1.54) is 22.1 Å². The molecule has 0 atom stereocenters. The van der Waals surface area contributed by atoms with Gasteiger partial charge in [-0.3, -0.25) is 4.79 Å². The first-order chi connectivity index (χ1) is 16.5. The number of aromatic nitrogens is 4. The number of nitrogens with one attached hydrogen (secondary N) is 2. The monoisotopic (exact) mass is 494 g/mol. The summed E-state index contributed by atoms with van der Waals surface area (Å²) in [6.45, 7) is 9.59. The third-order valence-corrected chi connectivity index (χ3v) is 7.70. The summed E-state index contributed by atoms with van der Waals surface area (Å²) in [6.07, 6.45) is 4.68. The zero-order valence-electron chi connectivity index (χ0n) is 20.6. The predicted octanol–water partition coefficient (Wildman–Crippen LogP) is 3.09. The molecule has 3 aromatic heterocycles. The highest BCUT2D eigenvalue weighted by molar-refractivity contribution is 7.88. The van der Waals surface area contributed by atoms with E-state index in [2.05, 4.69) is 65.7 Å². The molecule has 1 aromatic carbocycles. The Hall–Kier alpha value is -3.24. The van der Waals surface area contributed by atoms with Crippen molar-refractivity contribution in [1.82, 2.24) is 29.2 Å². The van der Waals surface area contributed by atoms with Crippen LogP contribution in [0.1, 0.15) is 47.9 Å². The Morgan fingerprint density at radius 2 is 1.97 bits per heavy atom. The molecule has 4 aromatic rings. The van der Waals surface area contributed by atoms with Gasteiger partial charge in [-0.15, -0.1) is 0 Å². The molecule has 0 saturated carbocycles. The lowest BCUT2D eigenvalue weighted by molar-refractivity contribution is -0.134. The minimum absolute atomic E-state index is 0.196. The van der Waals surface area contributed by atoms with Crippen LogP contribution in [0.4, 0.5) is 0 Å². The molecule has 10 heteroatoms. The Morgan fingerprint density at radius 1 is 1.23 bits per heavy atom. The number of likely N-dealkylation sites (tertiary alicyclic amines) is 1. The summed E-state index contributed by atoms with van der Waals surface area (Å²) in [5.41, 5.74) is 8.88. The maximum atomic E-state index is 12.3. The third kappa shape index (κ3) is 4.21. The first-order valence-electron chi connectivity index (χ1n) is 11.7. The summed E-state index contributed by atoms with van der Waals surface area (Å²) < 4.78 is 26.6. The van der Waals surface area contributed by atoms with Gasteiger partial charge in [-0.2, -0.15) is 5.10 Å². The summed E-state index contributed by atoms with van der Waals surface area (Å²) in [4.78, 5) is 22.0. The molecule has 184 valence electrons. The van der Waals surface area contributed by atoms with E-state index in [-0.39, 0.29) is 18.4 Å². The normalized spacial score (nSPS) is 14.9. The topological polar surface area (TPSA) is 112 Å². The molecule has 2 N–H and O–H groups in total. The van der Waals surface area contributed by atoms with Gasteiger partial charge in [0.1, 0.15) is 6.33 Å². The lowest BCUT2D eigenvalue weighted by atomic mass is 9.88. The van der Waals surface area contributed by atoms with Gasteiger partial charge in [-0.25, -0.2) is 22.6 Å². The molecule has 5 rings (SSSR count). The highest BCUT2D eigenvalue weighted by Gasteiger charge is 2.32. The van der Waals surface area contributed by atoms with Crippen molar-refractivity contribution in [2.75, 3.05) is 25.9 Å². The molecule has 0 unspecified atom stereocenters. The fraction of sp³-hybridized carbons (Fsp3) is 0.400. The zero-order chi connectivity index (χ0) is 25.1. The summed E-state index contributed by atoms with van der Waals surface area (Å²) in [6, 6.07) is 6.47. The summed E-state index contributed by atoms with van der Waals surface area (Å²) in [7, 11) is -3.39. The van der Waals surface area contributed by atoms with E-state index >= 15 is 0 Å². The van der Waals surface area contributed by atoms with E-state index in [4.69, 9.17) is 0 Å². The van der Waals surface area contributed by atoms with E-state index in [0.29, 0.717) is 19.0 Å². The van der Waals surface area contributed by atoms with Gasteiger partial charge in [0.05, 0.1) is 18.5 Å². The molecular formula is C25H30N6O3S. The molecule has 0 radical (unpaired) electrons. The van der Waals surface area contributed by atoms with Gasteiger partial charge in [-0.1, -0.05) is 19.9 Å². The van der Waals surface area contributed by atoms with Crippen molar-refractivity contribution in [3.63, 3.8) is 0 Å². The first-order valence-corrected chi connectivity index (χ1v) is 13.6. The van der Waals surface area contributed by atoms with Crippen molar-refractivity contribution in [1.29, 1.82) is 0 Å². The van der Waals surface area contributed by atoms with Gasteiger partial charge in [0, 0.05) is 41.7 Å². The lowest BCUT2D eigenvalue weighted by Crippen LogP contribution is -2.51. The largest absolute Gasteiger partial charge is 0.354 e. The predicted molar refractivity (Wildman–Crippen MR) is 136 cm³/mol. The molecule has 1 saturated heterocycles. The second-order valence-electron chi connectivity index (χ2n) is 9.78. The number of nitrogens with zero attached hydrogens (tertiary/aromatic N) is 4. The average molecular weight is 495 g/mol. The van der Waals surface area contributed by atoms with Gasteiger partial charge in [0.15, 0.2) is 5.65 Å². The van der Waals surface area contributed by atoms with Crippen LogP contribution in [0, 0.1) is 13.8 Å². The van der Waals surface area contributed by atoms with E-state index in [1.54, 1.807) is 11.2 Å². The van der Waals surface area contributed by atoms with Crippen molar-refractivity contribution < 1.29 is 13.2 Å². The van der Waals surface area contributed by atoms with Crippen LogP contribution in [0.3, 0.4) is 0 Å². The number of aromatic amines is 1. The zero-order valence-corrected chi connectivity index (χ0v) is 21.4. The molecule has 1 amide bonds. The van der Waals surface area contributed by atoms with Gasteiger partial charge in [0.2, 0.25) is 15.9 Å². The molecule has 35 heavy (non-hydrogen) atoms. The molecule has 0 bridgehead atoms. The maximum Gasteiger partial charge on any atom is 0.237 e. The number of hydrogen-bond acceptors (Lipinski definition) is 5. The molecule has 1 fully saturated rings. The molecule has 1 aliphatic rings. The number of hydrogen-bond donors (Lipinski definition) is 2. The van der Waals surface area contributed by atoms with Crippen LogP contribution in [0.15, 0.2) is 30.7 Å². The Balaban J connectivity index is 1.47. The number of aryl methyl sites for hydroxylation is 1. The SMILES string of the molecule is Cc1c(-c2[nH]c3ccc(C4CN(C(=O)CNS(C)(=O)=O)C4)cc3c2C(C)C)cn2ncnc2c1C. The Morgan fingerprint density at radius 3 is 2.66 bits per heavy atom.